The van der Waals surface area contributed by atoms with Crippen LogP contribution in [0.4, 0.5) is 0 Å². The second-order valence-electron chi connectivity index (χ2n) is 1.04. The Morgan fingerprint density at radius 2 is 2.50 bits per heavy atom. The van der Waals surface area contributed by atoms with Crippen LogP contribution in [0.15, 0.2) is 0 Å². The van der Waals surface area contributed by atoms with Crippen molar-refractivity contribution < 1.29 is 9.84 Å². The summed E-state index contributed by atoms with van der Waals surface area (Å²) >= 11 is 0. The number of hydrogen-bond acceptors (Lipinski definition) is 2. The standard InChI is InChI=1S/C3H10O2Si/c1-6-3-5-2-4/h4H,2-3,6H2,1H3. The van der Waals surface area contributed by atoms with Gasteiger partial charge in [-0.2, -0.15) is 0 Å². The highest BCUT2D eigenvalue weighted by molar-refractivity contribution is 6.33. The first-order chi connectivity index (χ1) is 2.91. The maximum absolute atomic E-state index is 8.00. The van der Waals surface area contributed by atoms with Crippen LogP contribution in [0.3, 0.4) is 0 Å². The van der Waals surface area contributed by atoms with Gasteiger partial charge >= 0.3 is 0 Å². The minimum atomic E-state index is -0.110. The lowest BCUT2D eigenvalue weighted by atomic mass is 11.4. The first-order valence-electron chi connectivity index (χ1n) is 2.10. The summed E-state index contributed by atoms with van der Waals surface area (Å²) in [6.07, 6.45) is 0.802. The van der Waals surface area contributed by atoms with E-state index in [0.29, 0.717) is 0 Å². The van der Waals surface area contributed by atoms with E-state index in [1.807, 2.05) is 0 Å². The molecular formula is C3H10O2Si. The number of rotatable bonds is 3. The molecule has 38 valence electrons. The fourth-order valence-electron chi connectivity index (χ4n) is 0.209. The van der Waals surface area contributed by atoms with Gasteiger partial charge in [0, 0.05) is 15.7 Å². The van der Waals surface area contributed by atoms with E-state index < -0.39 is 0 Å². The second-order valence-corrected chi connectivity index (χ2v) is 2.45. The molecule has 2 nitrogen and oxygen atoms in total. The Morgan fingerprint density at radius 1 is 1.83 bits per heavy atom. The Balaban J connectivity index is 2.34. The Labute approximate surface area is 40.0 Å². The first kappa shape index (κ1) is 6.14. The first-order valence-corrected chi connectivity index (χ1v) is 4.51. The van der Waals surface area contributed by atoms with E-state index in [2.05, 4.69) is 11.3 Å². The number of aliphatic hydroxyl groups excluding tert-OH is 1. The molecule has 0 spiro atoms. The van der Waals surface area contributed by atoms with Gasteiger partial charge in [-0.15, -0.1) is 0 Å². The zero-order valence-corrected chi connectivity index (χ0v) is 5.39. The summed E-state index contributed by atoms with van der Waals surface area (Å²) in [5.41, 5.74) is 0. The van der Waals surface area contributed by atoms with Crippen molar-refractivity contribution in [3.63, 3.8) is 0 Å². The SMILES string of the molecule is C[SiH2]COCO. The lowest BCUT2D eigenvalue weighted by Gasteiger charge is -1.90. The van der Waals surface area contributed by atoms with Crippen LogP contribution in [0.5, 0.6) is 0 Å². The van der Waals surface area contributed by atoms with Crippen molar-refractivity contribution in [3.05, 3.63) is 0 Å². The van der Waals surface area contributed by atoms with E-state index in [-0.39, 0.29) is 16.3 Å². The maximum Gasteiger partial charge on any atom is 0.143 e. The summed E-state index contributed by atoms with van der Waals surface area (Å²) in [5.74, 6) is 0. The normalized spacial score (nSPS) is 11.0. The summed E-state index contributed by atoms with van der Waals surface area (Å²) < 4.78 is 4.60. The Hall–Kier alpha value is 0.137. The Bertz CT molecular complexity index is 20.8. The highest BCUT2D eigenvalue weighted by Crippen LogP contribution is 1.63. The second kappa shape index (κ2) is 5.14. The van der Waals surface area contributed by atoms with Gasteiger partial charge in [-0.05, 0) is 0 Å². The van der Waals surface area contributed by atoms with Crippen molar-refractivity contribution in [2.75, 3.05) is 13.0 Å². The lowest BCUT2D eigenvalue weighted by Crippen LogP contribution is -1.99. The van der Waals surface area contributed by atoms with Gasteiger partial charge in [0.15, 0.2) is 0 Å². The monoisotopic (exact) mass is 106 g/mol. The molecule has 3 heteroatoms. The maximum atomic E-state index is 8.00. The fraction of sp³-hybridized carbons (Fsp3) is 1.00. The quantitative estimate of drug-likeness (QED) is 0.288. The van der Waals surface area contributed by atoms with Gasteiger partial charge < -0.3 is 9.84 Å². The van der Waals surface area contributed by atoms with E-state index >= 15 is 0 Å². The molecule has 0 saturated heterocycles. The summed E-state index contributed by atoms with van der Waals surface area (Å²) in [4.78, 5) is 0. The molecule has 0 rings (SSSR count). The van der Waals surface area contributed by atoms with Gasteiger partial charge in [-0.3, -0.25) is 0 Å². The summed E-state index contributed by atoms with van der Waals surface area (Å²) in [6.45, 7) is 2.02. The van der Waals surface area contributed by atoms with Crippen molar-refractivity contribution >= 4 is 9.52 Å². The molecule has 0 heterocycles. The third-order valence-corrected chi connectivity index (χ3v) is 1.14. The molecule has 0 fully saturated rings. The minimum absolute atomic E-state index is 0.0208. The third kappa shape index (κ3) is 4.14. The smallest absolute Gasteiger partial charge is 0.143 e. The molecule has 0 unspecified atom stereocenters. The van der Waals surface area contributed by atoms with Gasteiger partial charge in [0.05, 0.1) is 0 Å². The molecule has 1 N–H and O–H groups in total. The van der Waals surface area contributed by atoms with Gasteiger partial charge in [-0.25, -0.2) is 0 Å². The molecule has 0 saturated carbocycles. The summed E-state index contributed by atoms with van der Waals surface area (Å²) in [6, 6.07) is 0. The number of aliphatic hydroxyl groups is 1. The van der Waals surface area contributed by atoms with Crippen LogP contribution in [-0.2, 0) is 4.74 Å². The van der Waals surface area contributed by atoms with Crippen molar-refractivity contribution in [3.8, 4) is 0 Å². The molecule has 0 aliphatic carbocycles. The van der Waals surface area contributed by atoms with E-state index in [9.17, 15) is 0 Å². The molecule has 0 bridgehead atoms. The fourth-order valence-corrected chi connectivity index (χ4v) is 0.627. The molecule has 0 atom stereocenters. The summed E-state index contributed by atoms with van der Waals surface area (Å²) in [7, 11) is 0.0208. The largest absolute Gasteiger partial charge is 0.371 e. The van der Waals surface area contributed by atoms with Crippen LogP contribution in [0, 0.1) is 0 Å². The van der Waals surface area contributed by atoms with E-state index in [1.54, 1.807) is 0 Å². The zero-order chi connectivity index (χ0) is 4.83. The van der Waals surface area contributed by atoms with E-state index in [4.69, 9.17) is 5.11 Å². The van der Waals surface area contributed by atoms with Crippen LogP contribution in [0.25, 0.3) is 0 Å². The van der Waals surface area contributed by atoms with Crippen LogP contribution in [0.2, 0.25) is 6.55 Å². The predicted molar refractivity (Wildman–Crippen MR) is 27.4 cm³/mol. The Kier molecular flexibility index (Phi) is 5.25. The van der Waals surface area contributed by atoms with Gasteiger partial charge in [0.2, 0.25) is 0 Å². The van der Waals surface area contributed by atoms with E-state index in [0.717, 1.165) is 6.23 Å². The molecule has 0 aromatic rings. The average molecular weight is 106 g/mol. The molecular weight excluding hydrogens is 96.1 g/mol. The topological polar surface area (TPSA) is 29.5 Å². The summed E-state index contributed by atoms with van der Waals surface area (Å²) in [5, 5.41) is 8.00. The highest BCUT2D eigenvalue weighted by Gasteiger charge is 1.74. The Morgan fingerprint density at radius 3 is 2.67 bits per heavy atom. The van der Waals surface area contributed by atoms with Crippen LogP contribution in [-0.4, -0.2) is 27.6 Å². The van der Waals surface area contributed by atoms with Crippen molar-refractivity contribution in [2.45, 2.75) is 6.55 Å². The lowest BCUT2D eigenvalue weighted by molar-refractivity contribution is 0.0210. The highest BCUT2D eigenvalue weighted by atomic mass is 28.2. The molecule has 0 radical (unpaired) electrons. The van der Waals surface area contributed by atoms with Crippen LogP contribution in [0.1, 0.15) is 0 Å². The predicted octanol–water partition coefficient (Wildman–Crippen LogP) is -0.873. The molecule has 0 aromatic heterocycles. The van der Waals surface area contributed by atoms with Crippen molar-refractivity contribution in [1.29, 1.82) is 0 Å². The number of hydrogen-bond donors (Lipinski definition) is 1. The minimum Gasteiger partial charge on any atom is -0.371 e. The molecule has 0 amide bonds. The third-order valence-electron chi connectivity index (χ3n) is 0.440. The molecule has 0 aliphatic heterocycles. The van der Waals surface area contributed by atoms with Gasteiger partial charge in [-0.1, -0.05) is 6.55 Å². The van der Waals surface area contributed by atoms with E-state index in [1.165, 1.54) is 0 Å². The average Bonchev–Trinajstić information content (AvgIpc) is 1.61. The van der Waals surface area contributed by atoms with Crippen LogP contribution < -0.4 is 0 Å². The van der Waals surface area contributed by atoms with Gasteiger partial charge in [0.1, 0.15) is 6.79 Å². The zero-order valence-electron chi connectivity index (χ0n) is 3.98. The number of ether oxygens (including phenoxy) is 1. The van der Waals surface area contributed by atoms with Crippen molar-refractivity contribution in [2.24, 2.45) is 0 Å². The van der Waals surface area contributed by atoms with Gasteiger partial charge in [0.25, 0.3) is 0 Å². The molecule has 0 aromatic carbocycles. The molecule has 6 heavy (non-hydrogen) atoms. The van der Waals surface area contributed by atoms with Crippen molar-refractivity contribution in [1.82, 2.24) is 0 Å². The van der Waals surface area contributed by atoms with Crippen LogP contribution >= 0.6 is 0 Å². The molecule has 0 aliphatic rings.